The van der Waals surface area contributed by atoms with E-state index >= 15 is 0 Å². The summed E-state index contributed by atoms with van der Waals surface area (Å²) in [4.78, 5) is 0. The van der Waals surface area contributed by atoms with Gasteiger partial charge in [0.15, 0.2) is 0 Å². The molecule has 1 nitrogen and oxygen atoms in total. The largest absolute Gasteiger partial charge is 0.492 e. The van der Waals surface area contributed by atoms with Crippen LogP contribution >= 0.6 is 39.1 Å². The van der Waals surface area contributed by atoms with E-state index in [0.717, 1.165) is 38.4 Å². The van der Waals surface area contributed by atoms with Crippen molar-refractivity contribution in [3.05, 3.63) is 62.6 Å². The number of hydrogen-bond acceptors (Lipinski definition) is 1. The smallest absolute Gasteiger partial charge is 0.133 e. The van der Waals surface area contributed by atoms with E-state index in [2.05, 4.69) is 22.9 Å². The molecule has 2 aromatic rings. The van der Waals surface area contributed by atoms with Crippen LogP contribution in [-0.2, 0) is 0 Å². The Morgan fingerprint density at radius 2 is 1.81 bits per heavy atom. The lowest BCUT2D eigenvalue weighted by Crippen LogP contribution is -1.98. The third kappa shape index (κ3) is 4.15. The fourth-order valence-electron chi connectivity index (χ4n) is 1.96. The molecule has 2 rings (SSSR count). The SMILES string of the molecule is CCCOc1ccc(C(Cl)c2ccc(C)c(Cl)c2)cc1Br. The molecule has 0 N–H and O–H groups in total. The highest BCUT2D eigenvalue weighted by Gasteiger charge is 2.14. The van der Waals surface area contributed by atoms with Crippen LogP contribution in [0.5, 0.6) is 5.75 Å². The molecule has 0 saturated carbocycles. The van der Waals surface area contributed by atoms with Gasteiger partial charge in [0.1, 0.15) is 5.75 Å². The van der Waals surface area contributed by atoms with E-state index < -0.39 is 0 Å². The second kappa shape index (κ2) is 7.53. The number of hydrogen-bond donors (Lipinski definition) is 0. The van der Waals surface area contributed by atoms with Gasteiger partial charge in [-0.1, -0.05) is 36.7 Å². The molecule has 0 aliphatic rings. The summed E-state index contributed by atoms with van der Waals surface area (Å²) < 4.78 is 6.56. The Morgan fingerprint density at radius 3 is 2.43 bits per heavy atom. The van der Waals surface area contributed by atoms with Crippen molar-refractivity contribution in [2.75, 3.05) is 6.61 Å². The first-order valence-electron chi connectivity index (χ1n) is 6.85. The fraction of sp³-hybridized carbons (Fsp3) is 0.294. The summed E-state index contributed by atoms with van der Waals surface area (Å²) in [6, 6.07) is 11.8. The Morgan fingerprint density at radius 1 is 1.14 bits per heavy atom. The van der Waals surface area contributed by atoms with Gasteiger partial charge < -0.3 is 4.74 Å². The van der Waals surface area contributed by atoms with E-state index in [1.165, 1.54) is 0 Å². The van der Waals surface area contributed by atoms with Gasteiger partial charge in [0, 0.05) is 5.02 Å². The minimum absolute atomic E-state index is 0.236. The van der Waals surface area contributed by atoms with Gasteiger partial charge in [-0.25, -0.2) is 0 Å². The third-order valence-electron chi connectivity index (χ3n) is 3.20. The summed E-state index contributed by atoms with van der Waals surface area (Å²) in [6.45, 7) is 4.76. The number of alkyl halides is 1. The number of aryl methyl sites for hydroxylation is 1. The molecule has 0 aromatic heterocycles. The predicted molar refractivity (Wildman–Crippen MR) is 93.8 cm³/mol. The van der Waals surface area contributed by atoms with Crippen LogP contribution in [0.4, 0.5) is 0 Å². The highest BCUT2D eigenvalue weighted by atomic mass is 79.9. The van der Waals surface area contributed by atoms with E-state index in [0.29, 0.717) is 6.61 Å². The zero-order chi connectivity index (χ0) is 15.4. The highest BCUT2D eigenvalue weighted by Crippen LogP contribution is 2.35. The first-order valence-corrected chi connectivity index (χ1v) is 8.46. The molecule has 2 aromatic carbocycles. The van der Waals surface area contributed by atoms with Crippen molar-refractivity contribution in [1.82, 2.24) is 0 Å². The van der Waals surface area contributed by atoms with Crippen LogP contribution in [0.3, 0.4) is 0 Å². The standard InChI is InChI=1S/C17H17BrCl2O/c1-3-8-21-16-7-6-12(9-14(16)18)17(20)13-5-4-11(2)15(19)10-13/h4-7,9-10,17H,3,8H2,1-2H3. The first-order chi connectivity index (χ1) is 10.0. The minimum atomic E-state index is -0.236. The van der Waals surface area contributed by atoms with Crippen molar-refractivity contribution < 1.29 is 4.74 Å². The summed E-state index contributed by atoms with van der Waals surface area (Å²) in [5, 5.41) is 0.500. The summed E-state index contributed by atoms with van der Waals surface area (Å²) in [5.74, 6) is 0.839. The molecule has 0 aliphatic carbocycles. The molecule has 0 spiro atoms. The summed E-state index contributed by atoms with van der Waals surface area (Å²) in [5.41, 5.74) is 3.04. The topological polar surface area (TPSA) is 9.23 Å². The van der Waals surface area contributed by atoms with Crippen LogP contribution in [0, 0.1) is 6.92 Å². The molecule has 0 aliphatic heterocycles. The van der Waals surface area contributed by atoms with E-state index in [4.69, 9.17) is 27.9 Å². The van der Waals surface area contributed by atoms with Gasteiger partial charge in [-0.2, -0.15) is 0 Å². The Kier molecular flexibility index (Phi) is 5.98. The molecule has 0 bridgehead atoms. The average Bonchev–Trinajstić information content (AvgIpc) is 2.48. The number of benzene rings is 2. The van der Waals surface area contributed by atoms with Crippen LogP contribution in [0.25, 0.3) is 0 Å². The lowest BCUT2D eigenvalue weighted by atomic mass is 10.0. The maximum absolute atomic E-state index is 6.56. The Labute approximate surface area is 144 Å². The van der Waals surface area contributed by atoms with Gasteiger partial charge in [-0.15, -0.1) is 11.6 Å². The van der Waals surface area contributed by atoms with Crippen molar-refractivity contribution in [2.24, 2.45) is 0 Å². The van der Waals surface area contributed by atoms with Gasteiger partial charge in [0.2, 0.25) is 0 Å². The number of halogens is 3. The van der Waals surface area contributed by atoms with Gasteiger partial charge in [0.25, 0.3) is 0 Å². The lowest BCUT2D eigenvalue weighted by Gasteiger charge is -2.14. The summed E-state index contributed by atoms with van der Waals surface area (Å²) in [7, 11) is 0. The van der Waals surface area contributed by atoms with Crippen molar-refractivity contribution in [3.8, 4) is 5.75 Å². The zero-order valence-electron chi connectivity index (χ0n) is 12.0. The molecule has 0 fully saturated rings. The fourth-order valence-corrected chi connectivity index (χ4v) is 2.93. The van der Waals surface area contributed by atoms with Crippen LogP contribution < -0.4 is 4.74 Å². The van der Waals surface area contributed by atoms with Crippen LogP contribution in [-0.4, -0.2) is 6.61 Å². The monoisotopic (exact) mass is 386 g/mol. The van der Waals surface area contributed by atoms with Crippen molar-refractivity contribution in [2.45, 2.75) is 25.6 Å². The first kappa shape index (κ1) is 16.7. The zero-order valence-corrected chi connectivity index (χ0v) is 15.1. The van der Waals surface area contributed by atoms with E-state index in [1.54, 1.807) is 0 Å². The molecule has 1 unspecified atom stereocenters. The Balaban J connectivity index is 2.24. The molecule has 1 atom stereocenters. The number of rotatable bonds is 5. The summed E-state index contributed by atoms with van der Waals surface area (Å²) in [6.07, 6.45) is 0.980. The normalized spacial score (nSPS) is 12.2. The third-order valence-corrected chi connectivity index (χ3v) is 4.73. The van der Waals surface area contributed by atoms with Gasteiger partial charge in [-0.3, -0.25) is 0 Å². The Hall–Kier alpha value is -0.700. The molecular formula is C17H17BrCl2O. The molecule has 0 saturated heterocycles. The maximum atomic E-state index is 6.56. The molecular weight excluding hydrogens is 371 g/mol. The lowest BCUT2D eigenvalue weighted by molar-refractivity contribution is 0.315. The maximum Gasteiger partial charge on any atom is 0.133 e. The quantitative estimate of drug-likeness (QED) is 0.530. The second-order valence-corrected chi connectivity index (χ2v) is 6.61. The minimum Gasteiger partial charge on any atom is -0.492 e. The van der Waals surface area contributed by atoms with Crippen LogP contribution in [0.2, 0.25) is 5.02 Å². The molecule has 112 valence electrons. The van der Waals surface area contributed by atoms with Crippen LogP contribution in [0.1, 0.15) is 35.4 Å². The average molecular weight is 388 g/mol. The van der Waals surface area contributed by atoms with Crippen molar-refractivity contribution >= 4 is 39.1 Å². The molecule has 21 heavy (non-hydrogen) atoms. The molecule has 0 heterocycles. The van der Waals surface area contributed by atoms with Crippen molar-refractivity contribution in [3.63, 3.8) is 0 Å². The predicted octanol–water partition coefficient (Wildman–Crippen LogP) is 6.53. The molecule has 0 radical (unpaired) electrons. The summed E-state index contributed by atoms with van der Waals surface area (Å²) >= 11 is 16.3. The van der Waals surface area contributed by atoms with E-state index in [-0.39, 0.29) is 5.38 Å². The van der Waals surface area contributed by atoms with Crippen LogP contribution in [0.15, 0.2) is 40.9 Å². The van der Waals surface area contributed by atoms with Crippen molar-refractivity contribution in [1.29, 1.82) is 0 Å². The van der Waals surface area contributed by atoms with Gasteiger partial charge in [-0.05, 0) is 64.2 Å². The van der Waals surface area contributed by atoms with E-state index in [9.17, 15) is 0 Å². The van der Waals surface area contributed by atoms with E-state index in [1.807, 2.05) is 43.3 Å². The molecule has 4 heteroatoms. The Bertz CT molecular complexity index is 628. The highest BCUT2D eigenvalue weighted by molar-refractivity contribution is 9.10. The van der Waals surface area contributed by atoms with Gasteiger partial charge in [0.05, 0.1) is 16.5 Å². The molecule has 0 amide bonds. The second-order valence-electron chi connectivity index (χ2n) is 4.91. The number of ether oxygens (including phenoxy) is 1. The van der Waals surface area contributed by atoms with Gasteiger partial charge >= 0.3 is 0 Å².